The molecule has 1 aromatic rings. The van der Waals surface area contributed by atoms with Gasteiger partial charge in [-0.15, -0.1) is 0 Å². The number of rotatable bonds is 5. The lowest BCUT2D eigenvalue weighted by Gasteiger charge is -2.24. The Morgan fingerprint density at radius 3 is 2.45 bits per heavy atom. The summed E-state index contributed by atoms with van der Waals surface area (Å²) >= 11 is 0. The minimum Gasteiger partial charge on any atom is -0.322 e. The fourth-order valence-electron chi connectivity index (χ4n) is 2.71. The Balaban J connectivity index is 2.23. The van der Waals surface area contributed by atoms with Crippen LogP contribution in [-0.2, 0) is 4.79 Å². The molecule has 1 saturated heterocycles. The number of hydrogen-bond acceptors (Lipinski definition) is 2. The summed E-state index contributed by atoms with van der Waals surface area (Å²) in [6.45, 7) is 9.29. The second-order valence-corrected chi connectivity index (χ2v) is 6.09. The van der Waals surface area contributed by atoms with E-state index in [9.17, 15) is 4.79 Å². The highest BCUT2D eigenvalue weighted by molar-refractivity contribution is 5.84. The van der Waals surface area contributed by atoms with Gasteiger partial charge in [-0.1, -0.05) is 57.0 Å². The Bertz CT molecular complexity index is 453. The van der Waals surface area contributed by atoms with Crippen molar-refractivity contribution in [2.75, 3.05) is 6.54 Å². The minimum absolute atomic E-state index is 0.0297. The average Bonchev–Trinajstić information content (AvgIpc) is 2.75. The van der Waals surface area contributed by atoms with Gasteiger partial charge >= 0.3 is 0 Å². The molecule has 1 aromatic carbocycles. The zero-order valence-electron chi connectivity index (χ0n) is 13.0. The molecule has 1 aliphatic rings. The summed E-state index contributed by atoms with van der Waals surface area (Å²) in [5.74, 6) is 0.570. The standard InChI is InChI=1S/C17H26N2O/c1-5-6-11-19-16(14-9-7-13(4)8-10-14)18-15(12(2)3)17(19)20/h7-10,12,15-16,18H,5-6,11H2,1-4H3. The largest absolute Gasteiger partial charge is 0.322 e. The van der Waals surface area contributed by atoms with E-state index in [1.165, 1.54) is 11.1 Å². The lowest BCUT2D eigenvalue weighted by molar-refractivity contribution is -0.130. The maximum absolute atomic E-state index is 12.6. The first kappa shape index (κ1) is 15.0. The molecule has 3 heteroatoms. The average molecular weight is 274 g/mol. The third-order valence-electron chi connectivity index (χ3n) is 4.01. The number of carbonyl (C=O) groups excluding carboxylic acids is 1. The zero-order chi connectivity index (χ0) is 14.7. The van der Waals surface area contributed by atoms with Crippen LogP contribution in [0.4, 0.5) is 0 Å². The van der Waals surface area contributed by atoms with E-state index in [1.54, 1.807) is 0 Å². The van der Waals surface area contributed by atoms with E-state index in [0.29, 0.717) is 5.92 Å². The smallest absolute Gasteiger partial charge is 0.241 e. The molecule has 20 heavy (non-hydrogen) atoms. The molecule has 0 bridgehead atoms. The summed E-state index contributed by atoms with van der Waals surface area (Å²) in [5, 5.41) is 3.51. The van der Waals surface area contributed by atoms with E-state index in [2.05, 4.69) is 57.3 Å². The monoisotopic (exact) mass is 274 g/mol. The van der Waals surface area contributed by atoms with Crippen molar-refractivity contribution in [3.63, 3.8) is 0 Å². The van der Waals surface area contributed by atoms with Gasteiger partial charge in [-0.05, 0) is 24.8 Å². The van der Waals surface area contributed by atoms with E-state index in [4.69, 9.17) is 0 Å². The highest BCUT2D eigenvalue weighted by Gasteiger charge is 2.40. The molecule has 1 amide bonds. The maximum atomic E-state index is 12.6. The molecule has 1 aliphatic heterocycles. The van der Waals surface area contributed by atoms with Crippen molar-refractivity contribution in [1.82, 2.24) is 10.2 Å². The predicted molar refractivity (Wildman–Crippen MR) is 82.3 cm³/mol. The van der Waals surface area contributed by atoms with Crippen molar-refractivity contribution < 1.29 is 4.79 Å². The SMILES string of the molecule is CCCCN1C(=O)C(C(C)C)NC1c1ccc(C)cc1. The number of amides is 1. The molecule has 0 aliphatic carbocycles. The van der Waals surface area contributed by atoms with Crippen LogP contribution in [0.2, 0.25) is 0 Å². The van der Waals surface area contributed by atoms with E-state index in [-0.39, 0.29) is 18.1 Å². The van der Waals surface area contributed by atoms with Crippen molar-refractivity contribution in [2.24, 2.45) is 5.92 Å². The molecular weight excluding hydrogens is 248 g/mol. The van der Waals surface area contributed by atoms with Crippen LogP contribution in [0.3, 0.4) is 0 Å². The Labute approximate surface area is 122 Å². The van der Waals surface area contributed by atoms with Crippen LogP contribution in [0.5, 0.6) is 0 Å². The summed E-state index contributed by atoms with van der Waals surface area (Å²) in [6, 6.07) is 8.42. The second-order valence-electron chi connectivity index (χ2n) is 6.09. The van der Waals surface area contributed by atoms with Crippen LogP contribution in [0.1, 0.15) is 50.9 Å². The van der Waals surface area contributed by atoms with Gasteiger partial charge in [-0.25, -0.2) is 0 Å². The first-order valence-electron chi connectivity index (χ1n) is 7.67. The summed E-state index contributed by atoms with van der Waals surface area (Å²) < 4.78 is 0. The molecule has 3 nitrogen and oxygen atoms in total. The molecular formula is C17H26N2O. The van der Waals surface area contributed by atoms with Crippen LogP contribution in [0.15, 0.2) is 24.3 Å². The number of aryl methyl sites for hydroxylation is 1. The number of hydrogen-bond donors (Lipinski definition) is 1. The number of nitrogens with zero attached hydrogens (tertiary/aromatic N) is 1. The first-order chi connectivity index (χ1) is 9.54. The van der Waals surface area contributed by atoms with Gasteiger partial charge in [0, 0.05) is 6.54 Å². The second kappa shape index (κ2) is 6.40. The van der Waals surface area contributed by atoms with Crippen LogP contribution < -0.4 is 5.32 Å². The predicted octanol–water partition coefficient (Wildman–Crippen LogP) is 3.25. The minimum atomic E-state index is -0.0573. The van der Waals surface area contributed by atoms with Crippen LogP contribution in [0, 0.1) is 12.8 Å². The molecule has 0 radical (unpaired) electrons. The van der Waals surface area contributed by atoms with Gasteiger partial charge in [0.15, 0.2) is 0 Å². The number of carbonyl (C=O) groups is 1. The summed E-state index contributed by atoms with van der Waals surface area (Å²) in [5.41, 5.74) is 2.43. The molecule has 110 valence electrons. The number of benzene rings is 1. The molecule has 2 rings (SSSR count). The Morgan fingerprint density at radius 2 is 1.90 bits per heavy atom. The van der Waals surface area contributed by atoms with Crippen molar-refractivity contribution >= 4 is 5.91 Å². The third kappa shape index (κ3) is 3.04. The molecule has 0 saturated carbocycles. The molecule has 1 heterocycles. The van der Waals surface area contributed by atoms with Crippen molar-refractivity contribution in [3.8, 4) is 0 Å². The van der Waals surface area contributed by atoms with Crippen molar-refractivity contribution in [2.45, 2.75) is 52.7 Å². The van der Waals surface area contributed by atoms with Crippen LogP contribution in [-0.4, -0.2) is 23.4 Å². The summed E-state index contributed by atoms with van der Waals surface area (Å²) in [4.78, 5) is 14.6. The van der Waals surface area contributed by atoms with E-state index in [1.807, 2.05) is 4.90 Å². The molecule has 0 aromatic heterocycles. The maximum Gasteiger partial charge on any atom is 0.241 e. The lowest BCUT2D eigenvalue weighted by Crippen LogP contribution is -2.34. The summed E-state index contributed by atoms with van der Waals surface area (Å²) in [7, 11) is 0. The van der Waals surface area contributed by atoms with Gasteiger partial charge < -0.3 is 4.90 Å². The summed E-state index contributed by atoms with van der Waals surface area (Å²) in [6.07, 6.45) is 2.19. The lowest BCUT2D eigenvalue weighted by atomic mass is 10.0. The van der Waals surface area contributed by atoms with Crippen molar-refractivity contribution in [3.05, 3.63) is 35.4 Å². The fraction of sp³-hybridized carbons (Fsp3) is 0.588. The zero-order valence-corrected chi connectivity index (χ0v) is 13.0. The van der Waals surface area contributed by atoms with Gasteiger partial charge in [0.1, 0.15) is 6.17 Å². The quantitative estimate of drug-likeness (QED) is 0.894. The van der Waals surface area contributed by atoms with E-state index in [0.717, 1.165) is 19.4 Å². The number of unbranched alkanes of at least 4 members (excludes halogenated alkanes) is 1. The van der Waals surface area contributed by atoms with Gasteiger partial charge in [-0.2, -0.15) is 0 Å². The fourth-order valence-corrected chi connectivity index (χ4v) is 2.71. The van der Waals surface area contributed by atoms with E-state index < -0.39 is 0 Å². The van der Waals surface area contributed by atoms with Gasteiger partial charge in [0.25, 0.3) is 0 Å². The molecule has 1 N–H and O–H groups in total. The highest BCUT2D eigenvalue weighted by Crippen LogP contribution is 2.28. The highest BCUT2D eigenvalue weighted by atomic mass is 16.2. The van der Waals surface area contributed by atoms with Crippen LogP contribution in [0.25, 0.3) is 0 Å². The molecule has 0 spiro atoms. The van der Waals surface area contributed by atoms with Gasteiger partial charge in [-0.3, -0.25) is 10.1 Å². The topological polar surface area (TPSA) is 32.3 Å². The molecule has 2 unspecified atom stereocenters. The molecule has 2 atom stereocenters. The first-order valence-corrected chi connectivity index (χ1v) is 7.67. The Morgan fingerprint density at radius 1 is 1.25 bits per heavy atom. The third-order valence-corrected chi connectivity index (χ3v) is 4.01. The molecule has 1 fully saturated rings. The Kier molecular flexibility index (Phi) is 4.81. The van der Waals surface area contributed by atoms with Gasteiger partial charge in [0.2, 0.25) is 5.91 Å². The number of nitrogens with one attached hydrogen (secondary N) is 1. The van der Waals surface area contributed by atoms with Gasteiger partial charge in [0.05, 0.1) is 6.04 Å². The van der Waals surface area contributed by atoms with Crippen molar-refractivity contribution in [1.29, 1.82) is 0 Å². The Hall–Kier alpha value is -1.35. The normalized spacial score (nSPS) is 22.9. The van der Waals surface area contributed by atoms with E-state index >= 15 is 0 Å². The van der Waals surface area contributed by atoms with Crippen LogP contribution >= 0.6 is 0 Å².